The highest BCUT2D eigenvalue weighted by Gasteiger charge is 1.99. The van der Waals surface area contributed by atoms with Gasteiger partial charge in [0, 0.05) is 25.0 Å². The second-order valence-corrected chi connectivity index (χ2v) is 3.53. The lowest BCUT2D eigenvalue weighted by atomic mass is 10.5. The summed E-state index contributed by atoms with van der Waals surface area (Å²) in [6, 6.07) is 0. The summed E-state index contributed by atoms with van der Waals surface area (Å²) in [7, 11) is 0. The number of ether oxygens (including phenoxy) is 1. The Morgan fingerprint density at radius 2 is 1.92 bits per heavy atom. The first kappa shape index (κ1) is 12.4. The van der Waals surface area contributed by atoms with Crippen LogP contribution in [0.25, 0.3) is 0 Å². The molecule has 0 saturated carbocycles. The molecule has 0 aromatic carbocycles. The summed E-state index contributed by atoms with van der Waals surface area (Å²) in [5.41, 5.74) is 0. The zero-order valence-corrected chi connectivity index (χ0v) is 9.77. The van der Waals surface area contributed by atoms with Crippen LogP contribution in [0.2, 0.25) is 0 Å². The predicted octanol–water partition coefficient (Wildman–Crippen LogP) is 2.13. The first-order valence-corrected chi connectivity index (χ1v) is 5.83. The number of likely N-dealkylation sites (N-methyl/N-ethyl adjacent to an activating group) is 1. The SMILES string of the molecule is CCCOCCN(CC)CCBr. The average Bonchev–Trinajstić information content (AvgIpc) is 2.10. The van der Waals surface area contributed by atoms with E-state index in [1.807, 2.05) is 0 Å². The van der Waals surface area contributed by atoms with Crippen LogP contribution in [-0.4, -0.2) is 43.1 Å². The molecule has 3 heteroatoms. The Hall–Kier alpha value is 0.400. The second kappa shape index (κ2) is 9.49. The van der Waals surface area contributed by atoms with Crippen molar-refractivity contribution < 1.29 is 4.74 Å². The van der Waals surface area contributed by atoms with Crippen LogP contribution >= 0.6 is 15.9 Å². The largest absolute Gasteiger partial charge is 0.380 e. The van der Waals surface area contributed by atoms with E-state index in [1.54, 1.807) is 0 Å². The summed E-state index contributed by atoms with van der Waals surface area (Å²) >= 11 is 3.43. The summed E-state index contributed by atoms with van der Waals surface area (Å²) in [5.74, 6) is 0. The molecular weight excluding hydrogens is 218 g/mol. The zero-order valence-electron chi connectivity index (χ0n) is 8.18. The highest BCUT2D eigenvalue weighted by molar-refractivity contribution is 9.09. The molecule has 0 rings (SSSR count). The van der Waals surface area contributed by atoms with Gasteiger partial charge < -0.3 is 9.64 Å². The molecule has 12 heavy (non-hydrogen) atoms. The smallest absolute Gasteiger partial charge is 0.0593 e. The number of nitrogens with zero attached hydrogens (tertiary/aromatic N) is 1. The number of alkyl halides is 1. The molecule has 0 spiro atoms. The van der Waals surface area contributed by atoms with Gasteiger partial charge in [0.15, 0.2) is 0 Å². The minimum Gasteiger partial charge on any atom is -0.380 e. The molecule has 0 heterocycles. The van der Waals surface area contributed by atoms with E-state index in [4.69, 9.17) is 4.74 Å². The van der Waals surface area contributed by atoms with E-state index in [1.165, 1.54) is 0 Å². The van der Waals surface area contributed by atoms with Crippen molar-refractivity contribution in [2.24, 2.45) is 0 Å². The van der Waals surface area contributed by atoms with Crippen LogP contribution in [0, 0.1) is 0 Å². The van der Waals surface area contributed by atoms with Gasteiger partial charge in [-0.2, -0.15) is 0 Å². The summed E-state index contributed by atoms with van der Waals surface area (Å²) in [6.45, 7) is 9.37. The average molecular weight is 238 g/mol. The second-order valence-electron chi connectivity index (χ2n) is 2.74. The predicted molar refractivity (Wildman–Crippen MR) is 57.0 cm³/mol. The molecule has 0 aliphatic rings. The van der Waals surface area contributed by atoms with Crippen LogP contribution in [0.4, 0.5) is 0 Å². The van der Waals surface area contributed by atoms with E-state index in [0.29, 0.717) is 0 Å². The monoisotopic (exact) mass is 237 g/mol. The molecule has 0 atom stereocenters. The molecule has 0 unspecified atom stereocenters. The third-order valence-electron chi connectivity index (χ3n) is 1.75. The van der Waals surface area contributed by atoms with Gasteiger partial charge in [-0.15, -0.1) is 0 Å². The van der Waals surface area contributed by atoms with Crippen molar-refractivity contribution in [3.8, 4) is 0 Å². The Balaban J connectivity index is 3.19. The summed E-state index contributed by atoms with van der Waals surface area (Å²) in [5, 5.41) is 1.05. The van der Waals surface area contributed by atoms with Crippen molar-refractivity contribution in [2.75, 3.05) is 38.2 Å². The molecule has 0 saturated heterocycles. The van der Waals surface area contributed by atoms with Gasteiger partial charge in [0.25, 0.3) is 0 Å². The maximum atomic E-state index is 5.40. The molecule has 0 aliphatic carbocycles. The third-order valence-corrected chi connectivity index (χ3v) is 2.10. The van der Waals surface area contributed by atoms with Crippen molar-refractivity contribution in [3.05, 3.63) is 0 Å². The molecule has 0 aromatic heterocycles. The van der Waals surface area contributed by atoms with Gasteiger partial charge in [-0.25, -0.2) is 0 Å². The highest BCUT2D eigenvalue weighted by atomic mass is 79.9. The first-order chi connectivity index (χ1) is 5.85. The fourth-order valence-electron chi connectivity index (χ4n) is 0.988. The van der Waals surface area contributed by atoms with Crippen LogP contribution in [0.1, 0.15) is 20.3 Å². The molecule has 2 nitrogen and oxygen atoms in total. The van der Waals surface area contributed by atoms with Gasteiger partial charge in [-0.05, 0) is 13.0 Å². The van der Waals surface area contributed by atoms with Crippen molar-refractivity contribution in [1.82, 2.24) is 4.90 Å². The van der Waals surface area contributed by atoms with Crippen molar-refractivity contribution in [3.63, 3.8) is 0 Å². The third kappa shape index (κ3) is 7.07. The molecular formula is C9H20BrNO. The van der Waals surface area contributed by atoms with Gasteiger partial charge in [0.1, 0.15) is 0 Å². The van der Waals surface area contributed by atoms with Gasteiger partial charge in [-0.1, -0.05) is 29.8 Å². The molecule has 0 N–H and O–H groups in total. The lowest BCUT2D eigenvalue weighted by molar-refractivity contribution is 0.108. The van der Waals surface area contributed by atoms with Gasteiger partial charge in [0.05, 0.1) is 6.61 Å². The van der Waals surface area contributed by atoms with E-state index in [2.05, 4.69) is 34.7 Å². The zero-order chi connectivity index (χ0) is 9.23. The standard InChI is InChI=1S/C9H20BrNO/c1-3-8-12-9-7-11(4-2)6-5-10/h3-9H2,1-2H3. The van der Waals surface area contributed by atoms with Crippen molar-refractivity contribution >= 4 is 15.9 Å². The number of hydrogen-bond donors (Lipinski definition) is 0. The van der Waals surface area contributed by atoms with Crippen molar-refractivity contribution in [1.29, 1.82) is 0 Å². The number of hydrogen-bond acceptors (Lipinski definition) is 2. The Labute approximate surface area is 84.4 Å². The van der Waals surface area contributed by atoms with Crippen LogP contribution < -0.4 is 0 Å². The van der Waals surface area contributed by atoms with E-state index in [-0.39, 0.29) is 0 Å². The fraction of sp³-hybridized carbons (Fsp3) is 1.00. The topological polar surface area (TPSA) is 12.5 Å². The molecule has 0 aromatic rings. The summed E-state index contributed by atoms with van der Waals surface area (Å²) in [6.07, 6.45) is 1.12. The van der Waals surface area contributed by atoms with Gasteiger partial charge >= 0.3 is 0 Å². The van der Waals surface area contributed by atoms with Gasteiger partial charge in [-0.3, -0.25) is 0 Å². The fourth-order valence-corrected chi connectivity index (χ4v) is 1.49. The van der Waals surface area contributed by atoms with Gasteiger partial charge in [0.2, 0.25) is 0 Å². The van der Waals surface area contributed by atoms with E-state index >= 15 is 0 Å². The summed E-state index contributed by atoms with van der Waals surface area (Å²) < 4.78 is 5.40. The minimum atomic E-state index is 0.870. The lowest BCUT2D eigenvalue weighted by Gasteiger charge is -2.18. The maximum absolute atomic E-state index is 5.40. The Kier molecular flexibility index (Phi) is 9.80. The molecule has 0 aliphatic heterocycles. The van der Waals surface area contributed by atoms with Crippen LogP contribution in [0.3, 0.4) is 0 Å². The number of rotatable bonds is 8. The number of halogens is 1. The van der Waals surface area contributed by atoms with Crippen LogP contribution in [0.5, 0.6) is 0 Å². The van der Waals surface area contributed by atoms with E-state index < -0.39 is 0 Å². The highest BCUT2D eigenvalue weighted by Crippen LogP contribution is 1.91. The maximum Gasteiger partial charge on any atom is 0.0593 e. The molecule has 0 bridgehead atoms. The van der Waals surface area contributed by atoms with Crippen LogP contribution in [0.15, 0.2) is 0 Å². The quantitative estimate of drug-likeness (QED) is 0.474. The van der Waals surface area contributed by atoms with Crippen LogP contribution in [-0.2, 0) is 4.74 Å². The van der Waals surface area contributed by atoms with Crippen molar-refractivity contribution in [2.45, 2.75) is 20.3 Å². The normalized spacial score (nSPS) is 11.0. The lowest BCUT2D eigenvalue weighted by Crippen LogP contribution is -2.29. The Bertz CT molecular complexity index is 90.6. The molecule has 74 valence electrons. The summed E-state index contributed by atoms with van der Waals surface area (Å²) in [4.78, 5) is 2.38. The Morgan fingerprint density at radius 1 is 1.17 bits per heavy atom. The van der Waals surface area contributed by atoms with E-state index in [9.17, 15) is 0 Å². The van der Waals surface area contributed by atoms with E-state index in [0.717, 1.165) is 44.6 Å². The minimum absolute atomic E-state index is 0.870. The first-order valence-electron chi connectivity index (χ1n) is 4.71. The molecule has 0 radical (unpaired) electrons. The Morgan fingerprint density at radius 3 is 2.42 bits per heavy atom. The molecule has 0 fully saturated rings. The molecule has 0 amide bonds.